The fourth-order valence-electron chi connectivity index (χ4n) is 2.98. The van der Waals surface area contributed by atoms with Gasteiger partial charge in [-0.05, 0) is 37.1 Å². The van der Waals surface area contributed by atoms with E-state index in [0.29, 0.717) is 24.9 Å². The van der Waals surface area contributed by atoms with Crippen molar-refractivity contribution in [1.82, 2.24) is 15.5 Å². The first kappa shape index (κ1) is 18.1. The second-order valence-electron chi connectivity index (χ2n) is 6.82. The van der Waals surface area contributed by atoms with Crippen molar-refractivity contribution in [2.75, 3.05) is 13.2 Å². The molecule has 0 aromatic carbocycles. The molecule has 2 aromatic rings. The quantitative estimate of drug-likeness (QED) is 0.848. The molecule has 3 heterocycles. The molecule has 1 N–H and O–H groups in total. The molecule has 0 spiro atoms. The molecule has 3 rings (SSSR count). The lowest BCUT2D eigenvalue weighted by atomic mass is 9.91. The molecule has 1 aliphatic heterocycles. The van der Waals surface area contributed by atoms with E-state index in [4.69, 9.17) is 9.26 Å². The highest BCUT2D eigenvalue weighted by molar-refractivity contribution is 7.10. The first-order valence-electron chi connectivity index (χ1n) is 8.81. The third kappa shape index (κ3) is 4.27. The molecular formula is C18H25N3O3S. The minimum Gasteiger partial charge on any atom is -0.381 e. The number of aromatic nitrogens is 2. The molecule has 2 aromatic heterocycles. The minimum atomic E-state index is -0.265. The van der Waals surface area contributed by atoms with Gasteiger partial charge in [-0.15, -0.1) is 11.3 Å². The van der Waals surface area contributed by atoms with E-state index < -0.39 is 0 Å². The Morgan fingerprint density at radius 3 is 2.68 bits per heavy atom. The summed E-state index contributed by atoms with van der Waals surface area (Å²) in [6, 6.07) is 3.69. The smallest absolute Gasteiger partial charge is 0.249 e. The average Bonchev–Trinajstić information content (AvgIpc) is 3.31. The van der Waals surface area contributed by atoms with E-state index in [2.05, 4.69) is 15.5 Å². The van der Waals surface area contributed by atoms with Crippen LogP contribution >= 0.6 is 11.3 Å². The predicted octanol–water partition coefficient (Wildman–Crippen LogP) is 3.64. The van der Waals surface area contributed by atoms with Gasteiger partial charge in [0.15, 0.2) is 5.82 Å². The number of amides is 1. The zero-order valence-corrected chi connectivity index (χ0v) is 15.7. The second kappa shape index (κ2) is 8.10. The molecule has 136 valence electrons. The number of rotatable bonds is 6. The molecule has 0 unspecified atom stereocenters. The summed E-state index contributed by atoms with van der Waals surface area (Å²) in [5.41, 5.74) is 0. The van der Waals surface area contributed by atoms with Crippen molar-refractivity contribution in [3.63, 3.8) is 0 Å². The summed E-state index contributed by atoms with van der Waals surface area (Å²) in [4.78, 5) is 18.4. The largest absolute Gasteiger partial charge is 0.381 e. The van der Waals surface area contributed by atoms with E-state index in [1.54, 1.807) is 11.3 Å². The number of carbonyl (C=O) groups excluding carboxylic acids is 1. The van der Waals surface area contributed by atoms with Crippen LogP contribution in [0.1, 0.15) is 68.1 Å². The van der Waals surface area contributed by atoms with Gasteiger partial charge in [0.05, 0.1) is 5.92 Å². The molecule has 6 nitrogen and oxygen atoms in total. The molecule has 0 radical (unpaired) electrons. The summed E-state index contributed by atoms with van der Waals surface area (Å²) in [5.74, 6) is 1.40. The molecule has 0 aliphatic carbocycles. The fraction of sp³-hybridized carbons (Fsp3) is 0.611. The molecule has 1 fully saturated rings. The molecular weight excluding hydrogens is 338 g/mol. The Morgan fingerprint density at radius 2 is 2.08 bits per heavy atom. The number of hydrogen-bond acceptors (Lipinski definition) is 6. The normalized spacial score (nSPS) is 18.2. The molecule has 1 aliphatic rings. The van der Waals surface area contributed by atoms with Gasteiger partial charge in [0.25, 0.3) is 0 Å². The van der Waals surface area contributed by atoms with Gasteiger partial charge in [-0.3, -0.25) is 4.79 Å². The summed E-state index contributed by atoms with van der Waals surface area (Å²) in [6.45, 7) is 7.37. The molecule has 0 bridgehead atoms. The van der Waals surface area contributed by atoms with Crippen molar-refractivity contribution in [1.29, 1.82) is 0 Å². The van der Waals surface area contributed by atoms with Crippen LogP contribution in [0.25, 0.3) is 0 Å². The van der Waals surface area contributed by atoms with Gasteiger partial charge in [-0.2, -0.15) is 4.98 Å². The van der Waals surface area contributed by atoms with Crippen molar-refractivity contribution < 1.29 is 14.1 Å². The Bertz CT molecular complexity index is 678. The maximum atomic E-state index is 12.8. The highest BCUT2D eigenvalue weighted by Crippen LogP contribution is 2.31. The second-order valence-corrected chi connectivity index (χ2v) is 7.80. The first-order chi connectivity index (χ1) is 12.1. The number of nitrogens with zero attached hydrogens (tertiary/aromatic N) is 2. The lowest BCUT2D eigenvalue weighted by molar-refractivity contribution is -0.123. The molecule has 1 saturated heterocycles. The zero-order valence-electron chi connectivity index (χ0n) is 14.9. The average molecular weight is 363 g/mol. The Labute approximate surface area is 152 Å². The van der Waals surface area contributed by atoms with Crippen molar-refractivity contribution >= 4 is 17.2 Å². The van der Waals surface area contributed by atoms with E-state index >= 15 is 0 Å². The van der Waals surface area contributed by atoms with Crippen LogP contribution < -0.4 is 5.32 Å². The third-order valence-corrected chi connectivity index (χ3v) is 5.69. The van der Waals surface area contributed by atoms with Gasteiger partial charge < -0.3 is 14.6 Å². The van der Waals surface area contributed by atoms with E-state index in [-0.39, 0.29) is 29.7 Å². The number of nitrogens with one attached hydrogen (secondary N) is 1. The van der Waals surface area contributed by atoms with Crippen molar-refractivity contribution in [3.05, 3.63) is 34.1 Å². The van der Waals surface area contributed by atoms with Crippen molar-refractivity contribution in [2.45, 2.75) is 51.5 Å². The topological polar surface area (TPSA) is 77.2 Å². The summed E-state index contributed by atoms with van der Waals surface area (Å²) in [5, 5.41) is 9.21. The van der Waals surface area contributed by atoms with Crippen molar-refractivity contribution in [2.24, 2.45) is 5.92 Å². The highest BCUT2D eigenvalue weighted by atomic mass is 32.1. The first-order valence-corrected chi connectivity index (χ1v) is 9.69. The Kier molecular flexibility index (Phi) is 5.86. The molecule has 0 saturated carbocycles. The van der Waals surface area contributed by atoms with Gasteiger partial charge >= 0.3 is 0 Å². The van der Waals surface area contributed by atoms with Crippen LogP contribution in [0.15, 0.2) is 22.0 Å². The lowest BCUT2D eigenvalue weighted by Gasteiger charge is -2.29. The minimum absolute atomic E-state index is 0.0109. The Hall–Kier alpha value is -1.73. The standard InChI is InChI=1S/C18H25N3O3S/c1-11(2)16-20-18(24-21-16)15(13-6-8-23-9-7-13)19-17(22)12(3)14-5-4-10-25-14/h4-5,10-13,15H,6-9H2,1-3H3,(H,19,22)/t12-,15+/m1/s1. The summed E-state index contributed by atoms with van der Waals surface area (Å²) in [7, 11) is 0. The Balaban J connectivity index is 1.79. The lowest BCUT2D eigenvalue weighted by Crippen LogP contribution is -2.38. The maximum absolute atomic E-state index is 12.8. The van der Waals surface area contributed by atoms with E-state index in [1.807, 2.05) is 38.3 Å². The summed E-state index contributed by atoms with van der Waals surface area (Å²) >= 11 is 1.59. The van der Waals surface area contributed by atoms with Gasteiger partial charge in [0.1, 0.15) is 6.04 Å². The number of hydrogen-bond donors (Lipinski definition) is 1. The van der Waals surface area contributed by atoms with Gasteiger partial charge in [0.2, 0.25) is 11.8 Å². The Morgan fingerprint density at radius 1 is 1.32 bits per heavy atom. The predicted molar refractivity (Wildman–Crippen MR) is 95.5 cm³/mol. The third-order valence-electron chi connectivity index (χ3n) is 4.64. The van der Waals surface area contributed by atoms with E-state index in [0.717, 1.165) is 17.7 Å². The molecule has 2 atom stereocenters. The van der Waals surface area contributed by atoms with E-state index in [9.17, 15) is 4.79 Å². The number of thiophene rings is 1. The maximum Gasteiger partial charge on any atom is 0.249 e. The molecule has 1 amide bonds. The summed E-state index contributed by atoms with van der Waals surface area (Å²) in [6.07, 6.45) is 1.75. The van der Waals surface area contributed by atoms with Crippen LogP contribution in [0, 0.1) is 5.92 Å². The van der Waals surface area contributed by atoms with Crippen LogP contribution in [0.4, 0.5) is 0 Å². The van der Waals surface area contributed by atoms with Gasteiger partial charge in [-0.25, -0.2) is 0 Å². The van der Waals surface area contributed by atoms with Crippen LogP contribution in [0.2, 0.25) is 0 Å². The van der Waals surface area contributed by atoms with Crippen molar-refractivity contribution in [3.8, 4) is 0 Å². The van der Waals surface area contributed by atoms with Crippen LogP contribution in [0.5, 0.6) is 0 Å². The SMILES string of the molecule is CC(C)c1noc([C@@H](NC(=O)[C@H](C)c2cccs2)C2CCOCC2)n1. The molecule has 7 heteroatoms. The highest BCUT2D eigenvalue weighted by Gasteiger charge is 2.33. The summed E-state index contributed by atoms with van der Waals surface area (Å²) < 4.78 is 11.0. The van der Waals surface area contributed by atoms with Gasteiger partial charge in [0, 0.05) is 24.0 Å². The van der Waals surface area contributed by atoms with Crippen LogP contribution in [-0.4, -0.2) is 29.3 Å². The van der Waals surface area contributed by atoms with E-state index in [1.165, 1.54) is 0 Å². The van der Waals surface area contributed by atoms with Crippen LogP contribution in [0.3, 0.4) is 0 Å². The number of ether oxygens (including phenoxy) is 1. The number of carbonyl (C=O) groups is 1. The zero-order chi connectivity index (χ0) is 17.8. The van der Waals surface area contributed by atoms with Crippen LogP contribution in [-0.2, 0) is 9.53 Å². The molecule has 25 heavy (non-hydrogen) atoms. The monoisotopic (exact) mass is 363 g/mol. The fourth-order valence-corrected chi connectivity index (χ4v) is 3.77. The van der Waals surface area contributed by atoms with Gasteiger partial charge in [-0.1, -0.05) is 25.1 Å².